The number of carbonyl (C=O) groups excluding carboxylic acids is 2. The van der Waals surface area contributed by atoms with Crippen molar-refractivity contribution in [1.82, 2.24) is 0 Å². The van der Waals surface area contributed by atoms with Gasteiger partial charge >= 0.3 is 0 Å². The van der Waals surface area contributed by atoms with Gasteiger partial charge in [-0.15, -0.1) is 0 Å². The first-order valence-electron chi connectivity index (χ1n) is 5.91. The van der Waals surface area contributed by atoms with E-state index in [1.54, 1.807) is 42.5 Å². The highest BCUT2D eigenvalue weighted by atomic mass is 16.3. The van der Waals surface area contributed by atoms with Crippen LogP contribution in [0.3, 0.4) is 0 Å². The first-order chi connectivity index (χ1) is 9.18. The zero-order valence-electron chi connectivity index (χ0n) is 10.0. The second kappa shape index (κ2) is 4.24. The molecule has 0 atom stereocenters. The second-order valence-corrected chi connectivity index (χ2v) is 4.36. The number of amides is 2. The minimum absolute atomic E-state index is 0.0800. The Bertz CT molecular complexity index is 679. The number of imide groups is 1. The smallest absolute Gasteiger partial charge is 0.265 e. The predicted octanol–water partition coefficient (Wildman–Crippen LogP) is 2.12. The van der Waals surface area contributed by atoms with Crippen LogP contribution in [0.5, 0.6) is 5.75 Å². The Morgan fingerprint density at radius 3 is 2.42 bits per heavy atom. The van der Waals surface area contributed by atoms with Crippen molar-refractivity contribution in [3.05, 3.63) is 59.7 Å². The number of phenols is 1. The summed E-state index contributed by atoms with van der Waals surface area (Å²) in [7, 11) is 0. The second-order valence-electron chi connectivity index (χ2n) is 4.36. The number of nitrogens with zero attached hydrogens (tertiary/aromatic N) is 1. The number of benzene rings is 2. The summed E-state index contributed by atoms with van der Waals surface area (Å²) in [6.45, 7) is 0. The molecule has 2 aromatic rings. The fraction of sp³-hybridized carbons (Fsp3) is 0.0667. The topological polar surface area (TPSA) is 57.6 Å². The van der Waals surface area contributed by atoms with Crippen LogP contribution >= 0.6 is 0 Å². The Hall–Kier alpha value is -2.62. The largest absolute Gasteiger partial charge is 0.506 e. The van der Waals surface area contributed by atoms with Crippen molar-refractivity contribution in [2.75, 3.05) is 4.90 Å². The van der Waals surface area contributed by atoms with E-state index in [1.807, 2.05) is 0 Å². The molecular weight excluding hydrogens is 242 g/mol. The lowest BCUT2D eigenvalue weighted by molar-refractivity contribution is -0.117. The average molecular weight is 253 g/mol. The molecule has 1 N–H and O–H groups in total. The number of aromatic hydroxyl groups is 1. The van der Waals surface area contributed by atoms with Gasteiger partial charge in [-0.3, -0.25) is 9.59 Å². The Morgan fingerprint density at radius 1 is 0.947 bits per heavy atom. The monoisotopic (exact) mass is 253 g/mol. The number of hydrogen-bond acceptors (Lipinski definition) is 3. The van der Waals surface area contributed by atoms with E-state index in [1.165, 1.54) is 6.07 Å². The van der Waals surface area contributed by atoms with Crippen molar-refractivity contribution in [3.63, 3.8) is 0 Å². The molecule has 0 aromatic heterocycles. The molecule has 4 nitrogen and oxygen atoms in total. The molecule has 94 valence electrons. The lowest BCUT2D eigenvalue weighted by Gasteiger charge is -2.27. The number of phenolic OH excluding ortho intramolecular Hbond substituents is 1. The Morgan fingerprint density at radius 2 is 1.63 bits per heavy atom. The van der Waals surface area contributed by atoms with Gasteiger partial charge in [0.25, 0.3) is 5.91 Å². The zero-order chi connectivity index (χ0) is 13.4. The van der Waals surface area contributed by atoms with Gasteiger partial charge in [0.05, 0.1) is 12.1 Å². The molecule has 1 aliphatic heterocycles. The van der Waals surface area contributed by atoms with Gasteiger partial charge in [-0.1, -0.05) is 30.3 Å². The van der Waals surface area contributed by atoms with E-state index in [-0.39, 0.29) is 23.8 Å². The summed E-state index contributed by atoms with van der Waals surface area (Å²) >= 11 is 0. The van der Waals surface area contributed by atoms with Crippen LogP contribution in [0.1, 0.15) is 15.9 Å². The zero-order valence-corrected chi connectivity index (χ0v) is 10.0. The molecule has 0 radical (unpaired) electrons. The van der Waals surface area contributed by atoms with Crippen molar-refractivity contribution in [3.8, 4) is 5.75 Å². The molecular formula is C15H11NO3. The first kappa shape index (κ1) is 11.5. The molecule has 19 heavy (non-hydrogen) atoms. The van der Waals surface area contributed by atoms with E-state index in [2.05, 4.69) is 0 Å². The Labute approximate surface area is 109 Å². The quantitative estimate of drug-likeness (QED) is 0.792. The van der Waals surface area contributed by atoms with Gasteiger partial charge < -0.3 is 5.11 Å². The van der Waals surface area contributed by atoms with Gasteiger partial charge in [-0.05, 0) is 23.8 Å². The highest BCUT2D eigenvalue weighted by Crippen LogP contribution is 2.31. The normalized spacial score (nSPS) is 14.4. The minimum Gasteiger partial charge on any atom is -0.506 e. The van der Waals surface area contributed by atoms with Gasteiger partial charge in [0.15, 0.2) is 0 Å². The van der Waals surface area contributed by atoms with Crippen LogP contribution < -0.4 is 4.90 Å². The van der Waals surface area contributed by atoms with Gasteiger partial charge in [0, 0.05) is 5.56 Å². The molecule has 0 saturated heterocycles. The molecule has 1 aliphatic rings. The fourth-order valence-electron chi connectivity index (χ4n) is 2.26. The van der Waals surface area contributed by atoms with Gasteiger partial charge in [-0.2, -0.15) is 0 Å². The summed E-state index contributed by atoms with van der Waals surface area (Å²) in [6.07, 6.45) is 0.163. The summed E-state index contributed by atoms with van der Waals surface area (Å²) in [6, 6.07) is 13.4. The number of para-hydroxylation sites is 2. The van der Waals surface area contributed by atoms with Crippen LogP contribution in [-0.4, -0.2) is 16.9 Å². The third-order valence-corrected chi connectivity index (χ3v) is 3.16. The van der Waals surface area contributed by atoms with E-state index >= 15 is 0 Å². The SMILES string of the molecule is O=C1Cc2ccccc2C(=O)N1c1ccccc1O. The maximum atomic E-state index is 12.4. The van der Waals surface area contributed by atoms with Crippen molar-refractivity contribution >= 4 is 17.5 Å². The lowest BCUT2D eigenvalue weighted by atomic mass is 9.98. The van der Waals surface area contributed by atoms with Crippen molar-refractivity contribution in [1.29, 1.82) is 0 Å². The third-order valence-electron chi connectivity index (χ3n) is 3.16. The van der Waals surface area contributed by atoms with Crippen LogP contribution in [-0.2, 0) is 11.2 Å². The van der Waals surface area contributed by atoms with E-state index in [9.17, 15) is 14.7 Å². The van der Waals surface area contributed by atoms with E-state index < -0.39 is 5.91 Å². The molecule has 0 aliphatic carbocycles. The predicted molar refractivity (Wildman–Crippen MR) is 70.1 cm³/mol. The number of hydrogen-bond donors (Lipinski definition) is 1. The molecule has 0 spiro atoms. The van der Waals surface area contributed by atoms with Crippen LogP contribution in [0.4, 0.5) is 5.69 Å². The number of anilines is 1. The first-order valence-corrected chi connectivity index (χ1v) is 5.91. The summed E-state index contributed by atoms with van der Waals surface area (Å²) in [5.41, 5.74) is 1.46. The molecule has 1 heterocycles. The maximum Gasteiger partial charge on any atom is 0.265 e. The number of fused-ring (bicyclic) bond motifs is 1. The van der Waals surface area contributed by atoms with Crippen LogP contribution in [0, 0.1) is 0 Å². The molecule has 2 amide bonds. The van der Waals surface area contributed by atoms with Crippen LogP contribution in [0.25, 0.3) is 0 Å². The maximum absolute atomic E-state index is 12.4. The van der Waals surface area contributed by atoms with Crippen molar-refractivity contribution in [2.24, 2.45) is 0 Å². The summed E-state index contributed by atoms with van der Waals surface area (Å²) in [5, 5.41) is 9.80. The standard InChI is InChI=1S/C15H11NO3/c17-13-8-4-3-7-12(13)16-14(18)9-10-5-1-2-6-11(10)15(16)19/h1-8,17H,9H2. The molecule has 3 rings (SSSR count). The average Bonchev–Trinajstić information content (AvgIpc) is 2.41. The van der Waals surface area contributed by atoms with E-state index in [4.69, 9.17) is 0 Å². The number of rotatable bonds is 1. The molecule has 4 heteroatoms. The minimum atomic E-state index is -0.395. The highest BCUT2D eigenvalue weighted by molar-refractivity contribution is 6.25. The fourth-order valence-corrected chi connectivity index (χ4v) is 2.26. The summed E-state index contributed by atoms with van der Waals surface area (Å²) in [4.78, 5) is 25.5. The van der Waals surface area contributed by atoms with Crippen LogP contribution in [0.15, 0.2) is 48.5 Å². The van der Waals surface area contributed by atoms with Crippen LogP contribution in [0.2, 0.25) is 0 Å². The van der Waals surface area contributed by atoms with Gasteiger partial charge in [0.2, 0.25) is 5.91 Å². The van der Waals surface area contributed by atoms with Gasteiger partial charge in [0.1, 0.15) is 5.75 Å². The number of carbonyl (C=O) groups is 2. The Balaban J connectivity index is 2.12. The van der Waals surface area contributed by atoms with E-state index in [0.717, 1.165) is 10.5 Å². The summed E-state index contributed by atoms with van der Waals surface area (Å²) < 4.78 is 0. The Kier molecular flexibility index (Phi) is 2.56. The van der Waals surface area contributed by atoms with Crippen molar-refractivity contribution in [2.45, 2.75) is 6.42 Å². The summed E-state index contributed by atoms with van der Waals surface area (Å²) in [5.74, 6) is -0.804. The molecule has 0 saturated carbocycles. The highest BCUT2D eigenvalue weighted by Gasteiger charge is 2.32. The molecule has 0 unspecified atom stereocenters. The lowest BCUT2D eigenvalue weighted by Crippen LogP contribution is -2.42. The van der Waals surface area contributed by atoms with E-state index in [0.29, 0.717) is 5.56 Å². The van der Waals surface area contributed by atoms with Gasteiger partial charge in [-0.25, -0.2) is 4.90 Å². The molecule has 2 aromatic carbocycles. The van der Waals surface area contributed by atoms with Crippen molar-refractivity contribution < 1.29 is 14.7 Å². The molecule has 0 fully saturated rings. The third kappa shape index (κ3) is 1.78. The molecule has 0 bridgehead atoms.